The van der Waals surface area contributed by atoms with E-state index < -0.39 is 11.9 Å². The molecule has 1 aromatic rings. The van der Waals surface area contributed by atoms with Gasteiger partial charge in [-0.1, -0.05) is 11.6 Å². The summed E-state index contributed by atoms with van der Waals surface area (Å²) in [5, 5.41) is 0.518. The van der Waals surface area contributed by atoms with E-state index in [1.807, 2.05) is 0 Å². The first kappa shape index (κ1) is 17.1. The number of carbonyl (C=O) groups is 2. The summed E-state index contributed by atoms with van der Waals surface area (Å²) in [6.45, 7) is 3.95. The molecule has 0 saturated carbocycles. The average molecular weight is 337 g/mol. The lowest BCUT2D eigenvalue weighted by molar-refractivity contribution is -0.138. The number of esters is 2. The second kappa shape index (κ2) is 7.83. The number of hydrogen-bond donors (Lipinski definition) is 0. The van der Waals surface area contributed by atoms with Crippen LogP contribution in [0.1, 0.15) is 19.4 Å². The number of hydrogen-bond acceptors (Lipinski definition) is 5. The van der Waals surface area contributed by atoms with Crippen LogP contribution in [0.2, 0.25) is 5.02 Å². The summed E-state index contributed by atoms with van der Waals surface area (Å²) in [5.41, 5.74) is 1.29. The maximum atomic E-state index is 12.2. The van der Waals surface area contributed by atoms with Gasteiger partial charge in [-0.05, 0) is 38.1 Å². The lowest BCUT2D eigenvalue weighted by atomic mass is 10.0. The molecule has 0 aliphatic carbocycles. The first-order valence-corrected chi connectivity index (χ1v) is 7.61. The van der Waals surface area contributed by atoms with E-state index in [2.05, 4.69) is 0 Å². The Labute approximate surface area is 139 Å². The molecule has 0 N–H and O–H groups in total. The predicted molar refractivity (Wildman–Crippen MR) is 86.3 cm³/mol. The van der Waals surface area contributed by atoms with Gasteiger partial charge in [0.25, 0.3) is 0 Å². The van der Waals surface area contributed by atoms with Gasteiger partial charge in [-0.2, -0.15) is 0 Å². The molecule has 2 rings (SSSR count). The Kier molecular flexibility index (Phi) is 5.82. The number of halogens is 1. The Hall–Kier alpha value is -2.27. The number of rotatable bonds is 4. The number of benzene rings is 1. The third kappa shape index (κ3) is 4.36. The number of carbonyl (C=O) groups excluding carboxylic acids is 2. The molecule has 5 nitrogen and oxygen atoms in total. The van der Waals surface area contributed by atoms with Crippen LogP contribution < -0.4 is 4.74 Å². The molecule has 0 spiro atoms. The molecule has 1 aliphatic rings. The fourth-order valence-electron chi connectivity index (χ4n) is 2.09. The van der Waals surface area contributed by atoms with Gasteiger partial charge in [0.15, 0.2) is 0 Å². The summed E-state index contributed by atoms with van der Waals surface area (Å²) in [6.07, 6.45) is 2.86. The second-order valence-electron chi connectivity index (χ2n) is 4.67. The Morgan fingerprint density at radius 1 is 1.26 bits per heavy atom. The van der Waals surface area contributed by atoms with Crippen molar-refractivity contribution in [3.63, 3.8) is 0 Å². The van der Waals surface area contributed by atoms with E-state index in [9.17, 15) is 9.59 Å². The Morgan fingerprint density at radius 3 is 2.70 bits per heavy atom. The van der Waals surface area contributed by atoms with Crippen molar-refractivity contribution < 1.29 is 23.8 Å². The zero-order valence-electron chi connectivity index (χ0n) is 12.9. The van der Waals surface area contributed by atoms with Crippen LogP contribution in [0.5, 0.6) is 5.75 Å². The first-order chi connectivity index (χ1) is 11.0. The zero-order chi connectivity index (χ0) is 16.8. The Balaban J connectivity index is 2.46. The summed E-state index contributed by atoms with van der Waals surface area (Å²) in [6, 6.07) is 5.09. The molecule has 1 aromatic carbocycles. The summed E-state index contributed by atoms with van der Waals surface area (Å²) in [7, 11) is 0. The Morgan fingerprint density at radius 2 is 2.00 bits per heavy atom. The van der Waals surface area contributed by atoms with Gasteiger partial charge in [-0.25, -0.2) is 9.59 Å². The molecule has 0 saturated heterocycles. The third-order valence-corrected chi connectivity index (χ3v) is 3.31. The van der Waals surface area contributed by atoms with Crippen LogP contribution in [-0.4, -0.2) is 31.8 Å². The van der Waals surface area contributed by atoms with Crippen molar-refractivity contribution in [3.05, 3.63) is 46.0 Å². The van der Waals surface area contributed by atoms with Gasteiger partial charge in [-0.3, -0.25) is 0 Å². The van der Waals surface area contributed by atoms with Gasteiger partial charge in [0, 0.05) is 22.2 Å². The normalized spacial score (nSPS) is 15.1. The van der Waals surface area contributed by atoms with Crippen molar-refractivity contribution in [1.82, 2.24) is 0 Å². The van der Waals surface area contributed by atoms with E-state index in [1.54, 1.807) is 38.1 Å². The summed E-state index contributed by atoms with van der Waals surface area (Å²) < 4.78 is 15.6. The van der Waals surface area contributed by atoms with Crippen molar-refractivity contribution in [3.8, 4) is 5.75 Å². The van der Waals surface area contributed by atoms with Crippen LogP contribution in [0.4, 0.5) is 0 Å². The molecule has 1 heterocycles. The number of ether oxygens (including phenoxy) is 3. The highest BCUT2D eigenvalue weighted by atomic mass is 35.5. The predicted octanol–water partition coefficient (Wildman–Crippen LogP) is 3.17. The molecule has 0 fully saturated rings. The molecule has 0 radical (unpaired) electrons. The van der Waals surface area contributed by atoms with Gasteiger partial charge in [-0.15, -0.1) is 0 Å². The van der Waals surface area contributed by atoms with Gasteiger partial charge in [0.1, 0.15) is 12.4 Å². The minimum absolute atomic E-state index is 0.0537. The first-order valence-electron chi connectivity index (χ1n) is 7.24. The summed E-state index contributed by atoms with van der Waals surface area (Å²) in [4.78, 5) is 23.9. The fourth-order valence-corrected chi connectivity index (χ4v) is 2.27. The lowest BCUT2D eigenvalue weighted by Crippen LogP contribution is -2.14. The monoisotopic (exact) mass is 336 g/mol. The molecule has 0 atom stereocenters. The SMILES string of the molecule is CCOC(=O)/C=C1\COc2ccc(Cl)cc2C=C1C(=O)OCC. The van der Waals surface area contributed by atoms with Crippen LogP contribution in [0, 0.1) is 0 Å². The topological polar surface area (TPSA) is 61.8 Å². The number of fused-ring (bicyclic) bond motifs is 1. The van der Waals surface area contributed by atoms with E-state index >= 15 is 0 Å². The van der Waals surface area contributed by atoms with Crippen LogP contribution in [0.15, 0.2) is 35.4 Å². The van der Waals surface area contributed by atoms with E-state index in [0.717, 1.165) is 0 Å². The average Bonchev–Trinajstić information content (AvgIpc) is 2.67. The molecule has 23 heavy (non-hydrogen) atoms. The third-order valence-electron chi connectivity index (χ3n) is 3.07. The van der Waals surface area contributed by atoms with Gasteiger partial charge in [0.2, 0.25) is 0 Å². The second-order valence-corrected chi connectivity index (χ2v) is 5.11. The minimum Gasteiger partial charge on any atom is -0.488 e. The molecule has 0 aromatic heterocycles. The summed E-state index contributed by atoms with van der Waals surface area (Å²) >= 11 is 5.99. The zero-order valence-corrected chi connectivity index (χ0v) is 13.7. The standard InChI is InChI=1S/C17H17ClO5/c1-3-21-16(19)9-12-10-23-15-6-5-13(18)7-11(15)8-14(12)17(20)22-4-2/h5-9H,3-4,10H2,1-2H3/b12-9+. The van der Waals surface area contributed by atoms with Crippen molar-refractivity contribution in [2.24, 2.45) is 0 Å². The minimum atomic E-state index is -0.537. The molecule has 6 heteroatoms. The Bertz CT molecular complexity index is 676. The van der Waals surface area contributed by atoms with Crippen LogP contribution in [-0.2, 0) is 19.1 Å². The van der Waals surface area contributed by atoms with E-state index in [1.165, 1.54) is 6.08 Å². The van der Waals surface area contributed by atoms with Crippen molar-refractivity contribution >= 4 is 29.6 Å². The molecule has 122 valence electrons. The molecular weight excluding hydrogens is 320 g/mol. The molecule has 1 aliphatic heterocycles. The highest BCUT2D eigenvalue weighted by molar-refractivity contribution is 6.30. The van der Waals surface area contributed by atoms with E-state index in [4.69, 9.17) is 25.8 Å². The highest BCUT2D eigenvalue weighted by Gasteiger charge is 2.22. The molecule has 0 amide bonds. The summed E-state index contributed by atoms with van der Waals surface area (Å²) in [5.74, 6) is -0.492. The van der Waals surface area contributed by atoms with Crippen molar-refractivity contribution in [1.29, 1.82) is 0 Å². The molecule has 0 unspecified atom stereocenters. The maximum absolute atomic E-state index is 12.2. The lowest BCUT2D eigenvalue weighted by Gasteiger charge is -2.09. The van der Waals surface area contributed by atoms with Crippen LogP contribution >= 0.6 is 11.6 Å². The van der Waals surface area contributed by atoms with Crippen molar-refractivity contribution in [2.45, 2.75) is 13.8 Å². The van der Waals surface area contributed by atoms with Crippen LogP contribution in [0.3, 0.4) is 0 Å². The molecular formula is C17H17ClO5. The maximum Gasteiger partial charge on any atom is 0.338 e. The highest BCUT2D eigenvalue weighted by Crippen LogP contribution is 2.31. The van der Waals surface area contributed by atoms with E-state index in [0.29, 0.717) is 21.9 Å². The largest absolute Gasteiger partial charge is 0.488 e. The fraction of sp³-hybridized carbons (Fsp3) is 0.294. The molecule has 0 bridgehead atoms. The van der Waals surface area contributed by atoms with E-state index in [-0.39, 0.29) is 25.4 Å². The van der Waals surface area contributed by atoms with Gasteiger partial charge < -0.3 is 14.2 Å². The quantitative estimate of drug-likeness (QED) is 0.624. The van der Waals surface area contributed by atoms with Crippen molar-refractivity contribution in [2.75, 3.05) is 19.8 Å². The van der Waals surface area contributed by atoms with Gasteiger partial charge >= 0.3 is 11.9 Å². The smallest absolute Gasteiger partial charge is 0.338 e. The van der Waals surface area contributed by atoms with Crippen LogP contribution in [0.25, 0.3) is 6.08 Å². The van der Waals surface area contributed by atoms with Gasteiger partial charge in [0.05, 0.1) is 18.8 Å².